The molecule has 3 rings (SSSR count). The van der Waals surface area contributed by atoms with Crippen molar-refractivity contribution in [2.75, 3.05) is 7.11 Å². The molecule has 0 aliphatic carbocycles. The van der Waals surface area contributed by atoms with Crippen LogP contribution in [0.2, 0.25) is 0 Å². The first-order chi connectivity index (χ1) is 9.78. The van der Waals surface area contributed by atoms with Crippen LogP contribution in [0.15, 0.2) is 29.6 Å². The molecule has 1 aromatic carbocycles. The topological polar surface area (TPSA) is 53.1 Å². The molecule has 4 nitrogen and oxygen atoms in total. The Morgan fingerprint density at radius 1 is 1.35 bits per heavy atom. The van der Waals surface area contributed by atoms with Gasteiger partial charge in [0.05, 0.1) is 18.1 Å². The quantitative estimate of drug-likeness (QED) is 0.801. The minimum Gasteiger partial charge on any atom is -0.495 e. The van der Waals surface area contributed by atoms with Crippen LogP contribution in [0.3, 0.4) is 0 Å². The summed E-state index contributed by atoms with van der Waals surface area (Å²) < 4.78 is 7.63. The van der Waals surface area contributed by atoms with Crippen LogP contribution in [-0.4, -0.2) is 16.7 Å². The first-order valence-electron chi connectivity index (χ1n) is 6.59. The molecular formula is C15H17N3OS. The Hall–Kier alpha value is -1.85. The number of nitrogens with zero attached hydrogens (tertiary/aromatic N) is 2. The summed E-state index contributed by atoms with van der Waals surface area (Å²) in [5.74, 6) is 1.84. The monoisotopic (exact) mass is 287 g/mol. The van der Waals surface area contributed by atoms with Gasteiger partial charge in [-0.05, 0) is 36.1 Å². The van der Waals surface area contributed by atoms with Crippen LogP contribution >= 0.6 is 11.3 Å². The van der Waals surface area contributed by atoms with Crippen LogP contribution in [0.1, 0.15) is 12.5 Å². The molecule has 0 saturated heterocycles. The van der Waals surface area contributed by atoms with E-state index in [9.17, 15) is 0 Å². The number of rotatable bonds is 4. The Labute approximate surface area is 121 Å². The molecule has 2 aromatic heterocycles. The fraction of sp³-hybridized carbons (Fsp3) is 0.267. The molecule has 0 fully saturated rings. The van der Waals surface area contributed by atoms with Crippen molar-refractivity contribution in [1.29, 1.82) is 0 Å². The highest BCUT2D eigenvalue weighted by atomic mass is 32.1. The third-order valence-electron chi connectivity index (χ3n) is 3.42. The number of thiophene rings is 1. The summed E-state index contributed by atoms with van der Waals surface area (Å²) in [6, 6.07) is 8.19. The number of methoxy groups -OCH3 is 1. The van der Waals surface area contributed by atoms with E-state index in [-0.39, 0.29) is 0 Å². The molecule has 104 valence electrons. The number of hydrogen-bond donors (Lipinski definition) is 1. The van der Waals surface area contributed by atoms with Gasteiger partial charge in [0.2, 0.25) is 0 Å². The maximum Gasteiger partial charge on any atom is 0.155 e. The second-order valence-corrected chi connectivity index (χ2v) is 5.44. The van der Waals surface area contributed by atoms with Crippen LogP contribution in [-0.2, 0) is 13.1 Å². The molecule has 3 aromatic rings. The van der Waals surface area contributed by atoms with Gasteiger partial charge in [-0.15, -0.1) is 11.3 Å². The van der Waals surface area contributed by atoms with Gasteiger partial charge in [0.15, 0.2) is 5.82 Å². The van der Waals surface area contributed by atoms with Crippen LogP contribution in [0.4, 0.5) is 0 Å². The Balaban J connectivity index is 2.25. The molecule has 0 atom stereocenters. The third-order valence-corrected chi connectivity index (χ3v) is 4.31. The van der Waals surface area contributed by atoms with Crippen LogP contribution in [0.25, 0.3) is 21.7 Å². The van der Waals surface area contributed by atoms with Crippen molar-refractivity contribution in [2.24, 2.45) is 5.73 Å². The van der Waals surface area contributed by atoms with E-state index < -0.39 is 0 Å². The molecule has 0 aliphatic rings. The molecule has 0 unspecified atom stereocenters. The van der Waals surface area contributed by atoms with Crippen LogP contribution in [0, 0.1) is 0 Å². The number of aromatic nitrogens is 2. The van der Waals surface area contributed by atoms with Gasteiger partial charge in [-0.25, -0.2) is 4.98 Å². The minimum absolute atomic E-state index is 0.534. The van der Waals surface area contributed by atoms with E-state index in [1.54, 1.807) is 18.4 Å². The van der Waals surface area contributed by atoms with Crippen molar-refractivity contribution in [1.82, 2.24) is 9.55 Å². The molecular weight excluding hydrogens is 270 g/mol. The summed E-state index contributed by atoms with van der Waals surface area (Å²) in [5.41, 5.74) is 8.93. The molecule has 20 heavy (non-hydrogen) atoms. The van der Waals surface area contributed by atoms with E-state index in [1.807, 2.05) is 11.4 Å². The molecule has 0 bridgehead atoms. The number of benzene rings is 1. The lowest BCUT2D eigenvalue weighted by Gasteiger charge is -2.06. The molecule has 2 heterocycles. The standard InChI is InChI=1S/C15H17N3OS/c1-3-18-12-5-4-10(9-16)8-11(12)17-15(18)14-13(19-2)6-7-20-14/h4-8H,3,9,16H2,1-2H3. The van der Waals surface area contributed by atoms with Gasteiger partial charge >= 0.3 is 0 Å². The van der Waals surface area contributed by atoms with Crippen molar-refractivity contribution in [3.8, 4) is 16.5 Å². The van der Waals surface area contributed by atoms with Gasteiger partial charge in [0.1, 0.15) is 10.6 Å². The second-order valence-electron chi connectivity index (χ2n) is 4.52. The highest BCUT2D eigenvalue weighted by Gasteiger charge is 2.16. The van der Waals surface area contributed by atoms with E-state index in [0.29, 0.717) is 6.54 Å². The Morgan fingerprint density at radius 3 is 2.90 bits per heavy atom. The Bertz CT molecular complexity index is 745. The Kier molecular flexibility index (Phi) is 3.46. The van der Waals surface area contributed by atoms with Crippen LogP contribution in [0.5, 0.6) is 5.75 Å². The van der Waals surface area contributed by atoms with Gasteiger partial charge in [-0.1, -0.05) is 6.07 Å². The zero-order valence-electron chi connectivity index (χ0n) is 11.6. The SMILES string of the molecule is CCn1c(-c2sccc2OC)nc2cc(CN)ccc21. The predicted octanol–water partition coefficient (Wildman–Crippen LogP) is 3.25. The van der Waals surface area contributed by atoms with Crippen LogP contribution < -0.4 is 10.5 Å². The van der Waals surface area contributed by atoms with E-state index >= 15 is 0 Å². The van der Waals surface area contributed by atoms with E-state index in [2.05, 4.69) is 29.7 Å². The van der Waals surface area contributed by atoms with Gasteiger partial charge in [-0.2, -0.15) is 0 Å². The van der Waals surface area contributed by atoms with Gasteiger partial charge in [0, 0.05) is 13.1 Å². The summed E-state index contributed by atoms with van der Waals surface area (Å²) in [4.78, 5) is 5.85. The molecule has 0 aliphatic heterocycles. The largest absolute Gasteiger partial charge is 0.495 e. The Morgan fingerprint density at radius 2 is 2.20 bits per heavy atom. The average molecular weight is 287 g/mol. The number of aryl methyl sites for hydroxylation is 1. The fourth-order valence-corrected chi connectivity index (χ4v) is 3.27. The molecule has 5 heteroatoms. The number of ether oxygens (including phenoxy) is 1. The maximum absolute atomic E-state index is 5.71. The van der Waals surface area contributed by atoms with E-state index in [1.165, 1.54) is 0 Å². The van der Waals surface area contributed by atoms with Gasteiger partial charge in [0.25, 0.3) is 0 Å². The molecule has 0 radical (unpaired) electrons. The van der Waals surface area contributed by atoms with Crippen molar-refractivity contribution < 1.29 is 4.74 Å². The normalized spacial score (nSPS) is 11.2. The summed E-state index contributed by atoms with van der Waals surface area (Å²) >= 11 is 1.65. The zero-order chi connectivity index (χ0) is 14.1. The number of hydrogen-bond acceptors (Lipinski definition) is 4. The van der Waals surface area contributed by atoms with E-state index in [0.717, 1.165) is 39.6 Å². The lowest BCUT2D eigenvalue weighted by molar-refractivity contribution is 0.417. The summed E-state index contributed by atoms with van der Waals surface area (Å²) in [6.45, 7) is 3.53. The highest BCUT2D eigenvalue weighted by Crippen LogP contribution is 2.36. The smallest absolute Gasteiger partial charge is 0.155 e. The van der Waals surface area contributed by atoms with Crippen molar-refractivity contribution in [3.63, 3.8) is 0 Å². The second kappa shape index (κ2) is 5.26. The molecule has 2 N–H and O–H groups in total. The minimum atomic E-state index is 0.534. The first-order valence-corrected chi connectivity index (χ1v) is 7.47. The lowest BCUT2D eigenvalue weighted by atomic mass is 10.2. The first kappa shape index (κ1) is 13.1. The number of imidazole rings is 1. The summed E-state index contributed by atoms with van der Waals surface area (Å²) in [6.07, 6.45) is 0. The summed E-state index contributed by atoms with van der Waals surface area (Å²) in [5, 5.41) is 2.03. The average Bonchev–Trinajstić information content (AvgIpc) is 3.09. The van der Waals surface area contributed by atoms with E-state index in [4.69, 9.17) is 15.5 Å². The number of fused-ring (bicyclic) bond motifs is 1. The van der Waals surface area contributed by atoms with Crippen molar-refractivity contribution >= 4 is 22.4 Å². The fourth-order valence-electron chi connectivity index (χ4n) is 2.42. The lowest BCUT2D eigenvalue weighted by Crippen LogP contribution is -1.98. The molecule has 0 spiro atoms. The molecule has 0 amide bonds. The third kappa shape index (κ3) is 1.99. The van der Waals surface area contributed by atoms with Gasteiger partial charge < -0.3 is 15.0 Å². The van der Waals surface area contributed by atoms with Crippen molar-refractivity contribution in [2.45, 2.75) is 20.0 Å². The summed E-state index contributed by atoms with van der Waals surface area (Å²) in [7, 11) is 1.69. The zero-order valence-corrected chi connectivity index (χ0v) is 12.4. The number of nitrogens with two attached hydrogens (primary N) is 1. The highest BCUT2D eigenvalue weighted by molar-refractivity contribution is 7.13. The van der Waals surface area contributed by atoms with Gasteiger partial charge in [-0.3, -0.25) is 0 Å². The van der Waals surface area contributed by atoms with Crippen molar-refractivity contribution in [3.05, 3.63) is 35.2 Å². The maximum atomic E-state index is 5.71. The predicted molar refractivity (Wildman–Crippen MR) is 83.2 cm³/mol. The molecule has 0 saturated carbocycles.